The summed E-state index contributed by atoms with van der Waals surface area (Å²) in [4.78, 5) is 51.4. The van der Waals surface area contributed by atoms with Crippen molar-refractivity contribution in [3.63, 3.8) is 0 Å². The van der Waals surface area contributed by atoms with Crippen molar-refractivity contribution in [3.8, 4) is 0 Å². The van der Waals surface area contributed by atoms with Crippen LogP contribution in [0, 0.1) is 5.92 Å². The van der Waals surface area contributed by atoms with Gasteiger partial charge in [-0.1, -0.05) is 33.1 Å². The minimum absolute atomic E-state index is 0.252. The second kappa shape index (κ2) is 13.2. The summed E-state index contributed by atoms with van der Waals surface area (Å²) < 4.78 is 10.9. The predicted molar refractivity (Wildman–Crippen MR) is 131 cm³/mol. The Balaban J connectivity index is 1.65. The van der Waals surface area contributed by atoms with Gasteiger partial charge in [-0.15, -0.1) is 0 Å². The molecule has 3 rings (SSSR count). The van der Waals surface area contributed by atoms with Crippen molar-refractivity contribution in [2.75, 3.05) is 19.8 Å². The lowest BCUT2D eigenvalue weighted by molar-refractivity contribution is -0.138. The number of carbonyl (C=O) groups excluding carboxylic acids is 4. The zero-order chi connectivity index (χ0) is 26.1. The number of amides is 4. The number of aliphatic hydroxyl groups is 1. The van der Waals surface area contributed by atoms with Gasteiger partial charge >= 0.3 is 6.09 Å². The second-order valence-corrected chi connectivity index (χ2v) is 10.5. The Morgan fingerprint density at radius 1 is 1.06 bits per heavy atom. The van der Waals surface area contributed by atoms with Crippen LogP contribution in [0.1, 0.15) is 78.1 Å². The number of rotatable bonds is 8. The van der Waals surface area contributed by atoms with Gasteiger partial charge in [-0.05, 0) is 38.0 Å². The van der Waals surface area contributed by atoms with Crippen molar-refractivity contribution in [2.24, 2.45) is 5.92 Å². The summed E-state index contributed by atoms with van der Waals surface area (Å²) in [6, 6.07) is -1.62. The minimum Gasteiger partial charge on any atom is -0.446 e. The molecule has 3 atom stereocenters. The third-order valence-electron chi connectivity index (χ3n) is 7.40. The van der Waals surface area contributed by atoms with Crippen LogP contribution in [0.15, 0.2) is 0 Å². The van der Waals surface area contributed by atoms with Crippen molar-refractivity contribution in [3.05, 3.63) is 0 Å². The fraction of sp³-hybridized carbons (Fsp3) is 0.840. The van der Waals surface area contributed by atoms with Crippen molar-refractivity contribution in [1.82, 2.24) is 21.3 Å². The van der Waals surface area contributed by atoms with Crippen LogP contribution < -0.4 is 21.3 Å². The quantitative estimate of drug-likeness (QED) is 0.325. The third-order valence-corrected chi connectivity index (χ3v) is 7.40. The highest BCUT2D eigenvalue weighted by Gasteiger charge is 2.44. The van der Waals surface area contributed by atoms with Crippen LogP contribution in [0.3, 0.4) is 0 Å². The highest BCUT2D eigenvalue weighted by Crippen LogP contribution is 2.29. The van der Waals surface area contributed by atoms with E-state index >= 15 is 0 Å². The third kappa shape index (κ3) is 7.55. The largest absolute Gasteiger partial charge is 0.446 e. The number of alkyl carbamates (subject to hydrolysis) is 1. The van der Waals surface area contributed by atoms with Gasteiger partial charge in [-0.25, -0.2) is 4.79 Å². The maximum absolute atomic E-state index is 13.6. The summed E-state index contributed by atoms with van der Waals surface area (Å²) in [5, 5.41) is 21.9. The van der Waals surface area contributed by atoms with Crippen molar-refractivity contribution < 1.29 is 33.8 Å². The molecule has 4 amide bonds. The molecule has 0 bridgehead atoms. The molecule has 204 valence electrons. The fourth-order valence-electron chi connectivity index (χ4n) is 5.13. The first-order chi connectivity index (χ1) is 17.2. The molecule has 2 heterocycles. The van der Waals surface area contributed by atoms with E-state index in [2.05, 4.69) is 21.3 Å². The van der Waals surface area contributed by atoms with Crippen LogP contribution in [-0.2, 0) is 23.9 Å². The van der Waals surface area contributed by atoms with Gasteiger partial charge in [-0.3, -0.25) is 14.4 Å². The number of ether oxygens (including phenoxy) is 2. The van der Waals surface area contributed by atoms with E-state index in [1.165, 1.54) is 0 Å². The van der Waals surface area contributed by atoms with Gasteiger partial charge in [0, 0.05) is 19.4 Å². The molecule has 0 spiro atoms. The number of aliphatic hydroxyl groups excluding tert-OH is 1. The van der Waals surface area contributed by atoms with Crippen LogP contribution in [0.25, 0.3) is 0 Å². The molecule has 11 heteroatoms. The molecule has 0 aromatic heterocycles. The number of hydrogen-bond donors (Lipinski definition) is 5. The van der Waals surface area contributed by atoms with Crippen molar-refractivity contribution in [2.45, 2.75) is 108 Å². The highest BCUT2D eigenvalue weighted by molar-refractivity contribution is 5.92. The molecule has 0 aromatic rings. The van der Waals surface area contributed by atoms with Gasteiger partial charge in [0.05, 0.1) is 19.3 Å². The fourth-order valence-corrected chi connectivity index (χ4v) is 5.13. The van der Waals surface area contributed by atoms with E-state index < -0.39 is 41.6 Å². The monoisotopic (exact) mass is 510 g/mol. The summed E-state index contributed by atoms with van der Waals surface area (Å²) in [5.41, 5.74) is -1.18. The van der Waals surface area contributed by atoms with E-state index in [0.29, 0.717) is 51.9 Å². The van der Waals surface area contributed by atoms with Crippen LogP contribution in [0.2, 0.25) is 0 Å². The average molecular weight is 511 g/mol. The van der Waals surface area contributed by atoms with Gasteiger partial charge in [0.25, 0.3) is 5.91 Å². The Kier molecular flexibility index (Phi) is 10.4. The minimum atomic E-state index is -1.56. The molecule has 1 aliphatic carbocycles. The van der Waals surface area contributed by atoms with Crippen LogP contribution in [-0.4, -0.2) is 78.5 Å². The topological polar surface area (TPSA) is 155 Å². The molecular weight excluding hydrogens is 468 g/mol. The SMILES string of the molecule is CC(C)[C@H](NC(=O)C1(NC(=O)OC2CCOCC2)CCCCC1)C(O)C(=O)N[C@H]1CCCCNC1=O. The maximum atomic E-state index is 13.6. The summed E-state index contributed by atoms with van der Waals surface area (Å²) in [6.07, 6.45) is 4.24. The zero-order valence-electron chi connectivity index (χ0n) is 21.5. The zero-order valence-corrected chi connectivity index (χ0v) is 21.5. The van der Waals surface area contributed by atoms with Gasteiger partial charge in [0.15, 0.2) is 6.10 Å². The van der Waals surface area contributed by atoms with E-state index in [1.807, 2.05) is 0 Å². The van der Waals surface area contributed by atoms with Crippen LogP contribution in [0.4, 0.5) is 4.79 Å². The standard InChI is InChI=1S/C25H42N4O7/c1-16(2)19(20(30)22(32)27-18-8-4-7-13-26-21(18)31)28-23(33)25(11-5-3-6-12-25)29-24(34)36-17-9-14-35-15-10-17/h16-20,30H,3-15H2,1-2H3,(H,26,31)(H,27,32)(H,28,33)(H,29,34)/t18-,19-,20?/m0/s1. The summed E-state index contributed by atoms with van der Waals surface area (Å²) in [6.45, 7) is 5.20. The molecule has 1 unspecified atom stereocenters. The lowest BCUT2D eigenvalue weighted by Gasteiger charge is -2.39. The molecular formula is C25H42N4O7. The first kappa shape index (κ1) is 28.2. The average Bonchev–Trinajstić information content (AvgIpc) is 3.06. The predicted octanol–water partition coefficient (Wildman–Crippen LogP) is 0.881. The van der Waals surface area contributed by atoms with Gasteiger partial charge in [0.2, 0.25) is 11.8 Å². The van der Waals surface area contributed by atoms with Crippen molar-refractivity contribution in [1.29, 1.82) is 0 Å². The highest BCUT2D eigenvalue weighted by atomic mass is 16.6. The van der Waals surface area contributed by atoms with E-state index in [1.54, 1.807) is 13.8 Å². The van der Waals surface area contributed by atoms with E-state index in [9.17, 15) is 24.3 Å². The maximum Gasteiger partial charge on any atom is 0.408 e. The van der Waals surface area contributed by atoms with E-state index in [0.717, 1.165) is 32.1 Å². The van der Waals surface area contributed by atoms with Gasteiger partial charge in [0.1, 0.15) is 17.7 Å². The van der Waals surface area contributed by atoms with E-state index in [-0.39, 0.29) is 17.9 Å². The molecule has 2 saturated heterocycles. The molecule has 36 heavy (non-hydrogen) atoms. The van der Waals surface area contributed by atoms with Crippen LogP contribution >= 0.6 is 0 Å². The summed E-state index contributed by atoms with van der Waals surface area (Å²) in [5.74, 6) is -1.71. The summed E-state index contributed by atoms with van der Waals surface area (Å²) in [7, 11) is 0. The van der Waals surface area contributed by atoms with Crippen molar-refractivity contribution >= 4 is 23.8 Å². The molecule has 5 N–H and O–H groups in total. The first-order valence-electron chi connectivity index (χ1n) is 13.4. The van der Waals surface area contributed by atoms with E-state index in [4.69, 9.17) is 9.47 Å². The Morgan fingerprint density at radius 3 is 2.42 bits per heavy atom. The Bertz CT molecular complexity index is 778. The molecule has 2 aliphatic heterocycles. The Morgan fingerprint density at radius 2 is 1.75 bits per heavy atom. The smallest absolute Gasteiger partial charge is 0.408 e. The normalized spacial score (nSPS) is 24.6. The molecule has 11 nitrogen and oxygen atoms in total. The summed E-state index contributed by atoms with van der Waals surface area (Å²) >= 11 is 0. The first-order valence-corrected chi connectivity index (χ1v) is 13.4. The number of hydrogen-bond acceptors (Lipinski definition) is 7. The molecule has 3 aliphatic rings. The molecule has 1 saturated carbocycles. The molecule has 3 fully saturated rings. The van der Waals surface area contributed by atoms with Crippen LogP contribution in [0.5, 0.6) is 0 Å². The number of nitrogens with one attached hydrogen (secondary N) is 4. The van der Waals surface area contributed by atoms with Gasteiger partial charge in [-0.2, -0.15) is 0 Å². The Labute approximate surface area is 212 Å². The lowest BCUT2D eigenvalue weighted by atomic mass is 9.80. The Hall–Kier alpha value is -2.40. The lowest BCUT2D eigenvalue weighted by Crippen LogP contribution is -2.64. The van der Waals surface area contributed by atoms with Gasteiger partial charge < -0.3 is 35.8 Å². The molecule has 0 radical (unpaired) electrons. The second-order valence-electron chi connectivity index (χ2n) is 10.5. The molecule has 0 aromatic carbocycles. The number of carbonyl (C=O) groups is 4.